The zero-order valence-corrected chi connectivity index (χ0v) is 10.7. The number of nitrogens with one attached hydrogen (secondary N) is 1. The molecule has 0 aromatic carbocycles. The van der Waals surface area contributed by atoms with Crippen molar-refractivity contribution < 1.29 is 4.74 Å². The first-order chi connectivity index (χ1) is 7.76. The molecule has 0 radical (unpaired) electrons. The molecular formula is C14H25NO. The Kier molecular flexibility index (Phi) is 3.91. The van der Waals surface area contributed by atoms with E-state index in [9.17, 15) is 0 Å². The summed E-state index contributed by atoms with van der Waals surface area (Å²) in [6.07, 6.45) is 10.2. The molecule has 2 rings (SSSR count). The van der Waals surface area contributed by atoms with Crippen molar-refractivity contribution in [1.82, 2.24) is 5.32 Å². The fraction of sp³-hybridized carbons (Fsp3) is 0.857. The van der Waals surface area contributed by atoms with Gasteiger partial charge in [0, 0.05) is 6.42 Å². The molecule has 16 heavy (non-hydrogen) atoms. The van der Waals surface area contributed by atoms with E-state index in [0.717, 1.165) is 19.6 Å². The van der Waals surface area contributed by atoms with Gasteiger partial charge in [-0.3, -0.25) is 0 Å². The molecule has 0 aromatic heterocycles. The lowest BCUT2D eigenvalue weighted by Crippen LogP contribution is -2.46. The zero-order valence-electron chi connectivity index (χ0n) is 10.7. The van der Waals surface area contributed by atoms with Crippen molar-refractivity contribution >= 4 is 0 Å². The molecule has 1 aliphatic heterocycles. The molecular weight excluding hydrogens is 198 g/mol. The molecule has 0 bridgehead atoms. The van der Waals surface area contributed by atoms with Gasteiger partial charge in [0.1, 0.15) is 5.76 Å². The Labute approximate surface area is 99.4 Å². The smallest absolute Gasteiger partial charge is 0.110 e. The van der Waals surface area contributed by atoms with Gasteiger partial charge in [-0.1, -0.05) is 33.1 Å². The Bertz CT molecular complexity index is 253. The van der Waals surface area contributed by atoms with Gasteiger partial charge in [0.25, 0.3) is 0 Å². The molecule has 1 N–H and O–H groups in total. The standard InChI is InChI=1S/C14H25NO/c1-3-15-13(12-8-7-11-16-12)14(2)9-5-4-6-10-14/h8,13,15H,3-7,9-11H2,1-2H3. The number of hydrogen-bond donors (Lipinski definition) is 1. The van der Waals surface area contributed by atoms with Crippen LogP contribution in [0.3, 0.4) is 0 Å². The van der Waals surface area contributed by atoms with Crippen LogP contribution in [0.2, 0.25) is 0 Å². The van der Waals surface area contributed by atoms with Crippen molar-refractivity contribution in [2.24, 2.45) is 5.41 Å². The predicted octanol–water partition coefficient (Wildman–Crippen LogP) is 3.24. The van der Waals surface area contributed by atoms with Gasteiger partial charge in [0.2, 0.25) is 0 Å². The monoisotopic (exact) mass is 223 g/mol. The first kappa shape index (κ1) is 12.0. The topological polar surface area (TPSA) is 21.3 Å². The van der Waals surface area contributed by atoms with Crippen molar-refractivity contribution in [2.45, 2.75) is 58.4 Å². The van der Waals surface area contributed by atoms with Crippen LogP contribution in [0.15, 0.2) is 11.8 Å². The molecule has 0 saturated heterocycles. The molecule has 2 nitrogen and oxygen atoms in total. The number of likely N-dealkylation sites (N-methyl/N-ethyl adjacent to an activating group) is 1. The first-order valence-corrected chi connectivity index (χ1v) is 6.82. The molecule has 1 fully saturated rings. The number of rotatable bonds is 4. The lowest BCUT2D eigenvalue weighted by Gasteiger charge is -2.41. The molecule has 1 saturated carbocycles. The summed E-state index contributed by atoms with van der Waals surface area (Å²) in [6.45, 7) is 6.53. The zero-order chi connectivity index (χ0) is 11.4. The van der Waals surface area contributed by atoms with E-state index < -0.39 is 0 Å². The highest BCUT2D eigenvalue weighted by Crippen LogP contribution is 2.42. The second kappa shape index (κ2) is 5.22. The summed E-state index contributed by atoms with van der Waals surface area (Å²) in [5, 5.41) is 3.64. The van der Waals surface area contributed by atoms with E-state index in [1.54, 1.807) is 0 Å². The van der Waals surface area contributed by atoms with Crippen molar-refractivity contribution in [3.8, 4) is 0 Å². The van der Waals surface area contributed by atoms with Crippen molar-refractivity contribution in [3.63, 3.8) is 0 Å². The summed E-state index contributed by atoms with van der Waals surface area (Å²) >= 11 is 0. The van der Waals surface area contributed by atoms with Crippen LogP contribution in [0.4, 0.5) is 0 Å². The van der Waals surface area contributed by atoms with Gasteiger partial charge in [0.15, 0.2) is 0 Å². The molecule has 0 aromatic rings. The minimum Gasteiger partial charge on any atom is -0.496 e. The second-order valence-corrected chi connectivity index (χ2v) is 5.45. The maximum absolute atomic E-state index is 5.78. The van der Waals surface area contributed by atoms with Crippen molar-refractivity contribution in [1.29, 1.82) is 0 Å². The molecule has 92 valence electrons. The van der Waals surface area contributed by atoms with Gasteiger partial charge >= 0.3 is 0 Å². The molecule has 1 atom stereocenters. The Balaban J connectivity index is 2.10. The van der Waals surface area contributed by atoms with Gasteiger partial charge in [-0.25, -0.2) is 0 Å². The van der Waals surface area contributed by atoms with Crippen molar-refractivity contribution in [2.75, 3.05) is 13.2 Å². The second-order valence-electron chi connectivity index (χ2n) is 5.45. The molecule has 0 amide bonds. The fourth-order valence-corrected chi connectivity index (χ4v) is 3.18. The summed E-state index contributed by atoms with van der Waals surface area (Å²) in [6, 6.07) is 0.445. The third kappa shape index (κ3) is 2.42. The average Bonchev–Trinajstić information content (AvgIpc) is 2.80. The predicted molar refractivity (Wildman–Crippen MR) is 67.3 cm³/mol. The summed E-state index contributed by atoms with van der Waals surface area (Å²) in [5.41, 5.74) is 0.407. The van der Waals surface area contributed by atoms with Crippen LogP contribution in [0.1, 0.15) is 52.4 Å². The molecule has 1 aliphatic carbocycles. The first-order valence-electron chi connectivity index (χ1n) is 6.82. The summed E-state index contributed by atoms with van der Waals surface area (Å²) in [4.78, 5) is 0. The van der Waals surface area contributed by atoms with Crippen LogP contribution in [-0.4, -0.2) is 19.2 Å². The van der Waals surface area contributed by atoms with Crippen LogP contribution >= 0.6 is 0 Å². The summed E-state index contributed by atoms with van der Waals surface area (Å²) < 4.78 is 5.78. The number of hydrogen-bond acceptors (Lipinski definition) is 2. The van der Waals surface area contributed by atoms with E-state index >= 15 is 0 Å². The van der Waals surface area contributed by atoms with Crippen LogP contribution in [0, 0.1) is 5.41 Å². The highest BCUT2D eigenvalue weighted by molar-refractivity contribution is 5.13. The van der Waals surface area contributed by atoms with E-state index in [0.29, 0.717) is 11.5 Å². The fourth-order valence-electron chi connectivity index (χ4n) is 3.18. The normalized spacial score (nSPS) is 26.0. The van der Waals surface area contributed by atoms with E-state index in [4.69, 9.17) is 4.74 Å². The van der Waals surface area contributed by atoms with E-state index in [1.165, 1.54) is 37.9 Å². The van der Waals surface area contributed by atoms with Gasteiger partial charge < -0.3 is 10.1 Å². The van der Waals surface area contributed by atoms with Crippen molar-refractivity contribution in [3.05, 3.63) is 11.8 Å². The lowest BCUT2D eigenvalue weighted by atomic mass is 9.70. The third-order valence-corrected chi connectivity index (χ3v) is 4.12. The molecule has 1 unspecified atom stereocenters. The van der Waals surface area contributed by atoms with Crippen LogP contribution in [0.25, 0.3) is 0 Å². The maximum atomic E-state index is 5.78. The summed E-state index contributed by atoms with van der Waals surface area (Å²) in [7, 11) is 0. The number of ether oxygens (including phenoxy) is 1. The Morgan fingerprint density at radius 3 is 2.69 bits per heavy atom. The maximum Gasteiger partial charge on any atom is 0.110 e. The largest absolute Gasteiger partial charge is 0.496 e. The van der Waals surface area contributed by atoms with Crippen LogP contribution < -0.4 is 5.32 Å². The van der Waals surface area contributed by atoms with Gasteiger partial charge in [-0.05, 0) is 30.9 Å². The van der Waals surface area contributed by atoms with Gasteiger partial charge in [-0.2, -0.15) is 0 Å². The SMILES string of the molecule is CCNC(C1=CCCO1)C1(C)CCCCC1. The Morgan fingerprint density at radius 1 is 1.38 bits per heavy atom. The van der Waals surface area contributed by atoms with E-state index in [-0.39, 0.29) is 0 Å². The van der Waals surface area contributed by atoms with Gasteiger partial charge in [0.05, 0.1) is 12.6 Å². The Morgan fingerprint density at radius 2 is 2.12 bits per heavy atom. The minimum absolute atomic E-state index is 0.407. The highest BCUT2D eigenvalue weighted by atomic mass is 16.5. The Hall–Kier alpha value is -0.500. The molecule has 1 heterocycles. The van der Waals surface area contributed by atoms with E-state index in [1.807, 2.05) is 0 Å². The molecule has 2 heteroatoms. The quantitative estimate of drug-likeness (QED) is 0.790. The summed E-state index contributed by atoms with van der Waals surface area (Å²) in [5.74, 6) is 1.21. The third-order valence-electron chi connectivity index (χ3n) is 4.12. The van der Waals surface area contributed by atoms with E-state index in [2.05, 4.69) is 25.2 Å². The minimum atomic E-state index is 0.407. The van der Waals surface area contributed by atoms with Gasteiger partial charge in [-0.15, -0.1) is 0 Å². The van der Waals surface area contributed by atoms with Crippen LogP contribution in [0.5, 0.6) is 0 Å². The lowest BCUT2D eigenvalue weighted by molar-refractivity contribution is 0.112. The van der Waals surface area contributed by atoms with Crippen LogP contribution in [-0.2, 0) is 4.74 Å². The molecule has 2 aliphatic rings. The molecule has 0 spiro atoms. The highest BCUT2D eigenvalue weighted by Gasteiger charge is 2.38. The average molecular weight is 223 g/mol.